The van der Waals surface area contributed by atoms with Crippen LogP contribution in [0.5, 0.6) is 0 Å². The fourth-order valence-electron chi connectivity index (χ4n) is 4.22. The van der Waals surface area contributed by atoms with Crippen LogP contribution in [-0.2, 0) is 19.1 Å². The number of aliphatic hydroxyl groups is 1. The van der Waals surface area contributed by atoms with E-state index in [1.807, 2.05) is 38.1 Å². The molecule has 1 saturated carbocycles. The molecule has 0 unspecified atom stereocenters. The number of rotatable bonds is 3. The Kier molecular flexibility index (Phi) is 8.24. The number of hydrogen-bond acceptors (Lipinski definition) is 5. The first-order valence-corrected chi connectivity index (χ1v) is 11.1. The van der Waals surface area contributed by atoms with Gasteiger partial charge in [-0.3, -0.25) is 0 Å². The standard InChI is InChI=1S/C26H32O5/c1-18-8-10-20(11-9-18)12-14-26(29)31-24-13-15-25(28)30-19(2)6-4-3-5-7-21-16-22(27)17-23(21)24/h5,7-15,19,21-24,27H,3-4,6,16-17H2,1-2H3/b7-5+,14-12+,15-13?/t19-,21+,22-,23+,24+/m0/s1. The van der Waals surface area contributed by atoms with Crippen LogP contribution in [0.3, 0.4) is 0 Å². The maximum absolute atomic E-state index is 12.5. The Labute approximate surface area is 184 Å². The Morgan fingerprint density at radius 3 is 2.74 bits per heavy atom. The molecular formula is C26H32O5. The first kappa shape index (κ1) is 23.0. The van der Waals surface area contributed by atoms with Crippen molar-refractivity contribution in [1.29, 1.82) is 0 Å². The summed E-state index contributed by atoms with van der Waals surface area (Å²) in [5, 5.41) is 10.2. The van der Waals surface area contributed by atoms with Crippen molar-refractivity contribution in [2.45, 2.75) is 64.3 Å². The lowest BCUT2D eigenvalue weighted by molar-refractivity contribution is -0.145. The van der Waals surface area contributed by atoms with Gasteiger partial charge in [-0.05, 0) is 69.6 Å². The molecule has 1 fully saturated rings. The summed E-state index contributed by atoms with van der Waals surface area (Å²) in [5.74, 6) is -0.922. The van der Waals surface area contributed by atoms with E-state index in [0.717, 1.165) is 30.4 Å². The molecule has 1 aromatic rings. The van der Waals surface area contributed by atoms with Crippen molar-refractivity contribution in [1.82, 2.24) is 0 Å². The van der Waals surface area contributed by atoms with Gasteiger partial charge in [-0.15, -0.1) is 0 Å². The van der Waals surface area contributed by atoms with Gasteiger partial charge in [0.15, 0.2) is 0 Å². The van der Waals surface area contributed by atoms with Crippen molar-refractivity contribution >= 4 is 18.0 Å². The van der Waals surface area contributed by atoms with Gasteiger partial charge in [0.25, 0.3) is 0 Å². The van der Waals surface area contributed by atoms with Gasteiger partial charge in [0.2, 0.25) is 0 Å². The third kappa shape index (κ3) is 7.21. The largest absolute Gasteiger partial charge is 0.460 e. The molecule has 166 valence electrons. The summed E-state index contributed by atoms with van der Waals surface area (Å²) in [4.78, 5) is 24.7. The van der Waals surface area contributed by atoms with E-state index in [2.05, 4.69) is 12.2 Å². The summed E-state index contributed by atoms with van der Waals surface area (Å²) >= 11 is 0. The number of aryl methyl sites for hydroxylation is 1. The molecule has 0 radical (unpaired) electrons. The molecule has 2 aliphatic rings. The first-order chi connectivity index (χ1) is 14.9. The average molecular weight is 425 g/mol. The monoisotopic (exact) mass is 424 g/mol. The second-order valence-corrected chi connectivity index (χ2v) is 8.56. The lowest BCUT2D eigenvalue weighted by Crippen LogP contribution is -2.27. The molecule has 5 nitrogen and oxygen atoms in total. The van der Waals surface area contributed by atoms with Crippen molar-refractivity contribution in [2.24, 2.45) is 11.8 Å². The zero-order chi connectivity index (χ0) is 22.2. The van der Waals surface area contributed by atoms with E-state index in [1.54, 1.807) is 12.2 Å². The Morgan fingerprint density at radius 1 is 1.19 bits per heavy atom. The van der Waals surface area contributed by atoms with Gasteiger partial charge >= 0.3 is 11.9 Å². The van der Waals surface area contributed by atoms with Gasteiger partial charge in [0, 0.05) is 18.1 Å². The van der Waals surface area contributed by atoms with Crippen LogP contribution in [0.25, 0.3) is 6.08 Å². The summed E-state index contributed by atoms with van der Waals surface area (Å²) in [6, 6.07) is 7.83. The lowest BCUT2D eigenvalue weighted by Gasteiger charge is -2.24. The highest BCUT2D eigenvalue weighted by Crippen LogP contribution is 2.37. The van der Waals surface area contributed by atoms with Gasteiger partial charge in [0.05, 0.1) is 12.2 Å². The number of carbonyl (C=O) groups is 2. The van der Waals surface area contributed by atoms with Crippen LogP contribution in [0.2, 0.25) is 0 Å². The summed E-state index contributed by atoms with van der Waals surface area (Å²) in [6.45, 7) is 3.89. The van der Waals surface area contributed by atoms with Gasteiger partial charge in [-0.2, -0.15) is 0 Å². The number of ether oxygens (including phenoxy) is 2. The predicted molar refractivity (Wildman–Crippen MR) is 120 cm³/mol. The third-order valence-corrected chi connectivity index (χ3v) is 5.91. The molecule has 1 heterocycles. The van der Waals surface area contributed by atoms with Crippen LogP contribution >= 0.6 is 0 Å². The SMILES string of the molecule is Cc1ccc(/C=C/C(=O)O[C@@H]2C=CC(=O)O[C@@H](C)CCC/C=C/[C@@H]3C[C@H](O)C[C@H]32)cc1. The minimum absolute atomic E-state index is 0.0905. The van der Waals surface area contributed by atoms with Crippen LogP contribution in [0, 0.1) is 18.8 Å². The number of fused-ring (bicyclic) bond motifs is 1. The predicted octanol–water partition coefficient (Wildman–Crippen LogP) is 4.54. The molecule has 0 saturated heterocycles. The smallest absolute Gasteiger partial charge is 0.331 e. The maximum Gasteiger partial charge on any atom is 0.331 e. The van der Waals surface area contributed by atoms with Crippen molar-refractivity contribution < 1.29 is 24.2 Å². The van der Waals surface area contributed by atoms with E-state index < -0.39 is 24.1 Å². The van der Waals surface area contributed by atoms with Crippen LogP contribution in [-0.4, -0.2) is 35.4 Å². The molecule has 1 aromatic carbocycles. The molecule has 1 N–H and O–H groups in total. The Hall–Kier alpha value is -2.66. The molecule has 0 bridgehead atoms. The number of cyclic esters (lactones) is 1. The van der Waals surface area contributed by atoms with Gasteiger partial charge in [-0.1, -0.05) is 42.0 Å². The van der Waals surface area contributed by atoms with E-state index in [4.69, 9.17) is 9.47 Å². The number of hydrogen-bond donors (Lipinski definition) is 1. The number of aliphatic hydroxyl groups excluding tert-OH is 1. The maximum atomic E-state index is 12.5. The molecule has 5 heteroatoms. The molecule has 1 aliphatic heterocycles. The molecular weight excluding hydrogens is 392 g/mol. The minimum atomic E-state index is -0.620. The molecule has 3 rings (SSSR count). The van der Waals surface area contributed by atoms with Crippen molar-refractivity contribution in [2.75, 3.05) is 0 Å². The Morgan fingerprint density at radius 2 is 1.97 bits per heavy atom. The zero-order valence-corrected chi connectivity index (χ0v) is 18.3. The highest BCUT2D eigenvalue weighted by molar-refractivity contribution is 5.87. The number of esters is 2. The molecule has 1 aliphatic carbocycles. The normalized spacial score (nSPS) is 30.5. The van der Waals surface area contributed by atoms with E-state index in [9.17, 15) is 14.7 Å². The number of allylic oxidation sites excluding steroid dienone is 2. The second-order valence-electron chi connectivity index (χ2n) is 8.56. The molecule has 0 aromatic heterocycles. The summed E-state index contributed by atoms with van der Waals surface area (Å²) < 4.78 is 11.2. The fraction of sp³-hybridized carbons (Fsp3) is 0.462. The van der Waals surface area contributed by atoms with E-state index in [0.29, 0.717) is 12.8 Å². The minimum Gasteiger partial charge on any atom is -0.460 e. The zero-order valence-electron chi connectivity index (χ0n) is 18.3. The molecule has 31 heavy (non-hydrogen) atoms. The first-order valence-electron chi connectivity index (χ1n) is 11.1. The Bertz CT molecular complexity index is 836. The molecule has 0 amide bonds. The molecule has 5 atom stereocenters. The highest BCUT2D eigenvalue weighted by atomic mass is 16.5. The quantitative estimate of drug-likeness (QED) is 0.438. The van der Waals surface area contributed by atoms with Crippen LogP contribution in [0.4, 0.5) is 0 Å². The van der Waals surface area contributed by atoms with Gasteiger partial charge < -0.3 is 14.6 Å². The summed E-state index contributed by atoms with van der Waals surface area (Å²) in [5.41, 5.74) is 2.05. The van der Waals surface area contributed by atoms with Crippen molar-refractivity contribution in [3.63, 3.8) is 0 Å². The topological polar surface area (TPSA) is 72.8 Å². The third-order valence-electron chi connectivity index (χ3n) is 5.91. The molecule has 0 spiro atoms. The Balaban J connectivity index is 1.77. The summed E-state index contributed by atoms with van der Waals surface area (Å²) in [7, 11) is 0. The van der Waals surface area contributed by atoms with E-state index >= 15 is 0 Å². The summed E-state index contributed by atoms with van der Waals surface area (Å²) in [6.07, 6.45) is 12.8. The van der Waals surface area contributed by atoms with E-state index in [-0.39, 0.29) is 17.9 Å². The van der Waals surface area contributed by atoms with Crippen LogP contribution in [0.1, 0.15) is 50.2 Å². The van der Waals surface area contributed by atoms with Crippen molar-refractivity contribution in [3.8, 4) is 0 Å². The fourth-order valence-corrected chi connectivity index (χ4v) is 4.22. The van der Waals surface area contributed by atoms with Crippen LogP contribution in [0.15, 0.2) is 54.6 Å². The lowest BCUT2D eigenvalue weighted by atomic mass is 9.89. The number of benzene rings is 1. The van der Waals surface area contributed by atoms with E-state index in [1.165, 1.54) is 12.2 Å². The van der Waals surface area contributed by atoms with Crippen LogP contribution < -0.4 is 0 Å². The number of carbonyl (C=O) groups excluding carboxylic acids is 2. The van der Waals surface area contributed by atoms with Gasteiger partial charge in [-0.25, -0.2) is 9.59 Å². The van der Waals surface area contributed by atoms with Crippen molar-refractivity contribution in [3.05, 3.63) is 65.8 Å². The highest BCUT2D eigenvalue weighted by Gasteiger charge is 2.38. The second kappa shape index (κ2) is 11.1. The average Bonchev–Trinajstić information content (AvgIpc) is 3.10. The van der Waals surface area contributed by atoms with Gasteiger partial charge in [0.1, 0.15) is 6.10 Å².